The minimum absolute atomic E-state index is 0.117. The normalized spacial score (nSPS) is 23.2. The number of benzene rings is 1. The topological polar surface area (TPSA) is 98.2 Å². The number of carbonyl (C=O) groups is 2. The van der Waals surface area contributed by atoms with Crippen LogP contribution in [0, 0.1) is 0 Å². The summed E-state index contributed by atoms with van der Waals surface area (Å²) in [4.78, 5) is 22.3. The monoisotopic (exact) mass is 247 g/mol. The maximum absolute atomic E-state index is 11.7. The fraction of sp³-hybridized carbons (Fsp3) is 0.385. The molecule has 3 atom stereocenters. The van der Waals surface area contributed by atoms with Gasteiger partial charge in [0.2, 0.25) is 11.8 Å². The number of primary amides is 1. The summed E-state index contributed by atoms with van der Waals surface area (Å²) < 4.78 is 0. The molecule has 0 heterocycles. The van der Waals surface area contributed by atoms with Gasteiger partial charge in [0.15, 0.2) is 0 Å². The number of rotatable bonds is 5. The van der Waals surface area contributed by atoms with E-state index in [9.17, 15) is 9.59 Å². The van der Waals surface area contributed by atoms with E-state index in [0.717, 1.165) is 6.42 Å². The lowest BCUT2D eigenvalue weighted by Gasteiger charge is -2.10. The lowest BCUT2D eigenvalue weighted by atomic mass is 10.1. The second-order valence-corrected chi connectivity index (χ2v) is 4.64. The van der Waals surface area contributed by atoms with Gasteiger partial charge in [0.1, 0.15) is 0 Å². The van der Waals surface area contributed by atoms with Crippen molar-refractivity contribution < 1.29 is 9.59 Å². The fourth-order valence-corrected chi connectivity index (χ4v) is 2.02. The summed E-state index contributed by atoms with van der Waals surface area (Å²) in [5.74, 6) is -0.513. The maximum atomic E-state index is 11.7. The molecule has 2 rings (SSSR count). The van der Waals surface area contributed by atoms with Gasteiger partial charge in [-0.05, 0) is 12.0 Å². The fourth-order valence-electron chi connectivity index (χ4n) is 2.02. The van der Waals surface area contributed by atoms with Crippen LogP contribution in [0.25, 0.3) is 0 Å². The Bertz CT molecular complexity index is 447. The highest BCUT2D eigenvalue weighted by Gasteiger charge is 2.40. The van der Waals surface area contributed by atoms with Crippen molar-refractivity contribution in [2.45, 2.75) is 30.8 Å². The second kappa shape index (κ2) is 5.18. The first-order valence-corrected chi connectivity index (χ1v) is 5.97. The molecule has 96 valence electrons. The van der Waals surface area contributed by atoms with Crippen LogP contribution in [-0.4, -0.2) is 23.9 Å². The van der Waals surface area contributed by atoms with E-state index in [1.54, 1.807) is 0 Å². The van der Waals surface area contributed by atoms with Gasteiger partial charge in [0.05, 0.1) is 12.5 Å². The van der Waals surface area contributed by atoms with Gasteiger partial charge in [-0.25, -0.2) is 0 Å². The van der Waals surface area contributed by atoms with E-state index >= 15 is 0 Å². The highest BCUT2D eigenvalue weighted by Crippen LogP contribution is 2.40. The van der Waals surface area contributed by atoms with Crippen LogP contribution in [-0.2, 0) is 9.59 Å². The molecule has 2 amide bonds. The summed E-state index contributed by atoms with van der Waals surface area (Å²) in [7, 11) is 0. The van der Waals surface area contributed by atoms with Crippen molar-refractivity contribution in [2.75, 3.05) is 0 Å². The first kappa shape index (κ1) is 12.6. The second-order valence-electron chi connectivity index (χ2n) is 4.64. The van der Waals surface area contributed by atoms with E-state index in [1.807, 2.05) is 30.3 Å². The summed E-state index contributed by atoms with van der Waals surface area (Å²) >= 11 is 0. The molecule has 0 bridgehead atoms. The average molecular weight is 247 g/mol. The van der Waals surface area contributed by atoms with Crippen LogP contribution in [0.5, 0.6) is 0 Å². The number of carbonyl (C=O) groups excluding carboxylic acids is 2. The summed E-state index contributed by atoms with van der Waals surface area (Å²) in [5.41, 5.74) is 11.8. The molecule has 0 aromatic heterocycles. The van der Waals surface area contributed by atoms with E-state index in [0.29, 0.717) is 5.92 Å². The molecule has 1 aliphatic rings. The van der Waals surface area contributed by atoms with Crippen molar-refractivity contribution in [1.82, 2.24) is 5.32 Å². The van der Waals surface area contributed by atoms with E-state index in [1.165, 1.54) is 5.56 Å². The van der Waals surface area contributed by atoms with Crippen LogP contribution in [0.1, 0.15) is 24.3 Å². The Balaban J connectivity index is 1.83. The predicted molar refractivity (Wildman–Crippen MR) is 67.5 cm³/mol. The van der Waals surface area contributed by atoms with Crippen molar-refractivity contribution in [3.05, 3.63) is 35.9 Å². The minimum atomic E-state index is -0.848. The van der Waals surface area contributed by atoms with E-state index in [4.69, 9.17) is 11.5 Å². The van der Waals surface area contributed by atoms with Gasteiger partial charge in [-0.3, -0.25) is 9.59 Å². The SMILES string of the molecule is NC(=O)CC(N)C(=O)NC1CC1c1ccccc1. The molecule has 0 aliphatic heterocycles. The molecular formula is C13H17N3O2. The van der Waals surface area contributed by atoms with Crippen LogP contribution >= 0.6 is 0 Å². The smallest absolute Gasteiger partial charge is 0.237 e. The maximum Gasteiger partial charge on any atom is 0.237 e. The molecule has 3 unspecified atom stereocenters. The molecule has 1 fully saturated rings. The van der Waals surface area contributed by atoms with Gasteiger partial charge in [-0.2, -0.15) is 0 Å². The van der Waals surface area contributed by atoms with Crippen LogP contribution in [0.3, 0.4) is 0 Å². The lowest BCUT2D eigenvalue weighted by Crippen LogP contribution is -2.44. The van der Waals surface area contributed by atoms with Crippen molar-refractivity contribution in [2.24, 2.45) is 11.5 Å². The third kappa shape index (κ3) is 3.07. The molecule has 0 spiro atoms. The largest absolute Gasteiger partial charge is 0.370 e. The molecule has 0 saturated heterocycles. The average Bonchev–Trinajstić information content (AvgIpc) is 3.08. The van der Waals surface area contributed by atoms with Gasteiger partial charge in [0.25, 0.3) is 0 Å². The molecule has 5 heteroatoms. The zero-order valence-corrected chi connectivity index (χ0v) is 10.0. The Labute approximate surface area is 106 Å². The molecule has 1 aromatic rings. The molecule has 5 nitrogen and oxygen atoms in total. The minimum Gasteiger partial charge on any atom is -0.370 e. The van der Waals surface area contributed by atoms with Crippen LogP contribution in [0.4, 0.5) is 0 Å². The lowest BCUT2D eigenvalue weighted by molar-refractivity contribution is -0.126. The van der Waals surface area contributed by atoms with Gasteiger partial charge < -0.3 is 16.8 Å². The number of nitrogens with two attached hydrogens (primary N) is 2. The van der Waals surface area contributed by atoms with Crippen LogP contribution < -0.4 is 16.8 Å². The number of amides is 2. The molecule has 1 saturated carbocycles. The standard InChI is InChI=1S/C13H17N3O2/c14-10(7-12(15)17)13(18)16-11-6-9(11)8-4-2-1-3-5-8/h1-5,9-11H,6-7,14H2,(H2,15,17)(H,16,18). The number of nitrogens with one attached hydrogen (secondary N) is 1. The number of hydrogen-bond donors (Lipinski definition) is 3. The van der Waals surface area contributed by atoms with Gasteiger partial charge >= 0.3 is 0 Å². The molecular weight excluding hydrogens is 230 g/mol. The third-order valence-electron chi connectivity index (χ3n) is 3.10. The quantitative estimate of drug-likeness (QED) is 0.675. The summed E-state index contributed by atoms with van der Waals surface area (Å²) in [6.45, 7) is 0. The zero-order chi connectivity index (χ0) is 13.1. The van der Waals surface area contributed by atoms with Gasteiger partial charge in [-0.1, -0.05) is 30.3 Å². The molecule has 5 N–H and O–H groups in total. The Morgan fingerprint density at radius 2 is 2.00 bits per heavy atom. The van der Waals surface area contributed by atoms with Crippen LogP contribution in [0.15, 0.2) is 30.3 Å². The molecule has 1 aromatic carbocycles. The van der Waals surface area contributed by atoms with Gasteiger partial charge in [-0.15, -0.1) is 0 Å². The van der Waals surface area contributed by atoms with E-state index in [-0.39, 0.29) is 18.4 Å². The Kier molecular flexibility index (Phi) is 3.62. The highest BCUT2D eigenvalue weighted by molar-refractivity contribution is 5.87. The number of hydrogen-bond acceptors (Lipinski definition) is 3. The molecule has 18 heavy (non-hydrogen) atoms. The van der Waals surface area contributed by atoms with E-state index in [2.05, 4.69) is 5.32 Å². The summed E-state index contributed by atoms with van der Waals surface area (Å²) in [6, 6.07) is 9.28. The summed E-state index contributed by atoms with van der Waals surface area (Å²) in [6.07, 6.45) is 0.799. The Morgan fingerprint density at radius 3 is 2.61 bits per heavy atom. The Morgan fingerprint density at radius 1 is 1.33 bits per heavy atom. The zero-order valence-electron chi connectivity index (χ0n) is 10.0. The van der Waals surface area contributed by atoms with Crippen LogP contribution in [0.2, 0.25) is 0 Å². The third-order valence-corrected chi connectivity index (χ3v) is 3.10. The first-order valence-electron chi connectivity index (χ1n) is 5.97. The predicted octanol–water partition coefficient (Wildman–Crippen LogP) is -0.139. The summed E-state index contributed by atoms with van der Waals surface area (Å²) in [5, 5.41) is 2.84. The molecule has 1 aliphatic carbocycles. The first-order chi connectivity index (χ1) is 8.58. The van der Waals surface area contributed by atoms with Gasteiger partial charge in [0, 0.05) is 12.0 Å². The molecule has 0 radical (unpaired) electrons. The van der Waals surface area contributed by atoms with Crippen molar-refractivity contribution >= 4 is 11.8 Å². The van der Waals surface area contributed by atoms with E-state index < -0.39 is 11.9 Å². The highest BCUT2D eigenvalue weighted by atomic mass is 16.2. The Hall–Kier alpha value is -1.88. The van der Waals surface area contributed by atoms with Crippen molar-refractivity contribution in [3.63, 3.8) is 0 Å². The van der Waals surface area contributed by atoms with Crippen molar-refractivity contribution in [1.29, 1.82) is 0 Å². The van der Waals surface area contributed by atoms with Crippen molar-refractivity contribution in [3.8, 4) is 0 Å².